The zero-order chi connectivity index (χ0) is 21.9. The van der Waals surface area contributed by atoms with Crippen LogP contribution in [0, 0.1) is 6.92 Å². The Morgan fingerprint density at radius 2 is 1.87 bits per heavy atom. The SMILES string of the molecule is Cc1cccc(C(=O)N2CCN(C(=O)OC(C)(C)C)CC2)c1NCc1cnc(Cl)s1. The summed E-state index contributed by atoms with van der Waals surface area (Å²) in [7, 11) is 0. The molecule has 0 unspecified atom stereocenters. The third-order valence-electron chi connectivity index (χ3n) is 4.69. The Kier molecular flexibility index (Phi) is 6.88. The number of amides is 2. The third kappa shape index (κ3) is 5.64. The summed E-state index contributed by atoms with van der Waals surface area (Å²) in [4.78, 5) is 33.9. The highest BCUT2D eigenvalue weighted by Crippen LogP contribution is 2.25. The first-order valence-electron chi connectivity index (χ1n) is 9.85. The lowest BCUT2D eigenvalue weighted by molar-refractivity contribution is 0.0141. The lowest BCUT2D eigenvalue weighted by atomic mass is 10.1. The summed E-state index contributed by atoms with van der Waals surface area (Å²) in [5.74, 6) is -0.0487. The van der Waals surface area contributed by atoms with Crippen molar-refractivity contribution in [1.29, 1.82) is 0 Å². The van der Waals surface area contributed by atoms with Crippen molar-refractivity contribution < 1.29 is 14.3 Å². The number of nitrogens with one attached hydrogen (secondary N) is 1. The van der Waals surface area contributed by atoms with Gasteiger partial charge in [0.2, 0.25) is 0 Å². The molecule has 1 aromatic carbocycles. The van der Waals surface area contributed by atoms with Crippen LogP contribution >= 0.6 is 22.9 Å². The Balaban J connectivity index is 1.66. The fourth-order valence-electron chi connectivity index (χ4n) is 3.21. The number of para-hydroxylation sites is 1. The molecular weight excluding hydrogens is 424 g/mol. The molecule has 1 fully saturated rings. The number of anilines is 1. The van der Waals surface area contributed by atoms with Crippen LogP contribution in [0.15, 0.2) is 24.4 Å². The molecule has 162 valence electrons. The van der Waals surface area contributed by atoms with Gasteiger partial charge in [0, 0.05) is 37.3 Å². The second-order valence-corrected chi connectivity index (χ2v) is 9.89. The van der Waals surface area contributed by atoms with Gasteiger partial charge in [-0.3, -0.25) is 4.79 Å². The van der Waals surface area contributed by atoms with E-state index in [2.05, 4.69) is 10.3 Å². The number of hydrogen-bond donors (Lipinski definition) is 1. The van der Waals surface area contributed by atoms with Gasteiger partial charge < -0.3 is 19.9 Å². The van der Waals surface area contributed by atoms with E-state index in [1.807, 2.05) is 45.9 Å². The highest BCUT2D eigenvalue weighted by Gasteiger charge is 2.29. The monoisotopic (exact) mass is 450 g/mol. The van der Waals surface area contributed by atoms with Gasteiger partial charge >= 0.3 is 6.09 Å². The molecule has 0 spiro atoms. The summed E-state index contributed by atoms with van der Waals surface area (Å²) >= 11 is 7.32. The van der Waals surface area contributed by atoms with Gasteiger partial charge in [-0.25, -0.2) is 9.78 Å². The first-order chi connectivity index (χ1) is 14.1. The first kappa shape index (κ1) is 22.4. The summed E-state index contributed by atoms with van der Waals surface area (Å²) in [6.07, 6.45) is 1.39. The molecule has 2 amide bonds. The molecule has 7 nitrogen and oxygen atoms in total. The number of thiazole rings is 1. The standard InChI is InChI=1S/C21H27ClN4O3S/c1-14-6-5-7-16(17(14)23-12-15-13-24-19(22)30-15)18(27)25-8-10-26(11-9-25)20(28)29-21(2,3)4/h5-7,13,23H,8-12H2,1-4H3. The van der Waals surface area contributed by atoms with Crippen LogP contribution in [-0.4, -0.2) is 58.6 Å². The van der Waals surface area contributed by atoms with Crippen molar-refractivity contribution in [3.8, 4) is 0 Å². The van der Waals surface area contributed by atoms with Gasteiger partial charge in [0.05, 0.1) is 17.8 Å². The van der Waals surface area contributed by atoms with E-state index in [0.29, 0.717) is 42.8 Å². The van der Waals surface area contributed by atoms with Crippen molar-refractivity contribution in [2.75, 3.05) is 31.5 Å². The molecule has 0 bridgehead atoms. The second-order valence-electron chi connectivity index (χ2n) is 8.19. The van der Waals surface area contributed by atoms with Gasteiger partial charge in [0.25, 0.3) is 5.91 Å². The maximum atomic E-state index is 13.2. The minimum Gasteiger partial charge on any atom is -0.444 e. The number of aromatic nitrogens is 1. The van der Waals surface area contributed by atoms with Crippen LogP contribution in [0.25, 0.3) is 0 Å². The van der Waals surface area contributed by atoms with Crippen LogP contribution in [0.5, 0.6) is 0 Å². The van der Waals surface area contributed by atoms with E-state index < -0.39 is 5.60 Å². The molecule has 2 heterocycles. The second kappa shape index (κ2) is 9.22. The highest BCUT2D eigenvalue weighted by atomic mass is 35.5. The Bertz CT molecular complexity index is 917. The number of nitrogens with zero attached hydrogens (tertiary/aromatic N) is 3. The number of benzene rings is 1. The number of aryl methyl sites for hydroxylation is 1. The Labute approximate surface area is 186 Å². The van der Waals surface area contributed by atoms with Crippen LogP contribution in [-0.2, 0) is 11.3 Å². The quantitative estimate of drug-likeness (QED) is 0.746. The zero-order valence-electron chi connectivity index (χ0n) is 17.7. The number of piperazine rings is 1. The molecule has 9 heteroatoms. The lowest BCUT2D eigenvalue weighted by Crippen LogP contribution is -2.51. The number of halogens is 1. The van der Waals surface area contributed by atoms with Crippen molar-refractivity contribution in [2.24, 2.45) is 0 Å². The van der Waals surface area contributed by atoms with E-state index >= 15 is 0 Å². The van der Waals surface area contributed by atoms with E-state index in [4.69, 9.17) is 16.3 Å². The van der Waals surface area contributed by atoms with E-state index in [9.17, 15) is 9.59 Å². The maximum Gasteiger partial charge on any atom is 0.410 e. The van der Waals surface area contributed by atoms with Gasteiger partial charge in [-0.2, -0.15) is 0 Å². The zero-order valence-corrected chi connectivity index (χ0v) is 19.3. The van der Waals surface area contributed by atoms with Crippen LogP contribution in [0.3, 0.4) is 0 Å². The van der Waals surface area contributed by atoms with Crippen molar-refractivity contribution in [1.82, 2.24) is 14.8 Å². The van der Waals surface area contributed by atoms with Crippen molar-refractivity contribution in [3.63, 3.8) is 0 Å². The molecule has 0 saturated carbocycles. The molecule has 2 aromatic rings. The number of carbonyl (C=O) groups is 2. The largest absolute Gasteiger partial charge is 0.444 e. The molecule has 1 aliphatic heterocycles. The van der Waals surface area contributed by atoms with Crippen molar-refractivity contribution in [3.05, 3.63) is 44.9 Å². The first-order valence-corrected chi connectivity index (χ1v) is 11.0. The van der Waals surface area contributed by atoms with Gasteiger partial charge in [0.1, 0.15) is 5.60 Å². The molecule has 0 radical (unpaired) electrons. The normalized spacial score (nSPS) is 14.6. The summed E-state index contributed by atoms with van der Waals surface area (Å²) in [6, 6.07) is 5.69. The minimum absolute atomic E-state index is 0.0487. The number of ether oxygens (including phenoxy) is 1. The number of carbonyl (C=O) groups excluding carboxylic acids is 2. The van der Waals surface area contributed by atoms with E-state index in [1.54, 1.807) is 16.0 Å². The highest BCUT2D eigenvalue weighted by molar-refractivity contribution is 7.15. The molecule has 0 aliphatic carbocycles. The fourth-order valence-corrected chi connectivity index (χ4v) is 4.13. The van der Waals surface area contributed by atoms with Gasteiger partial charge in [0.15, 0.2) is 4.47 Å². The third-order valence-corrected chi connectivity index (χ3v) is 5.80. The molecule has 1 saturated heterocycles. The van der Waals surface area contributed by atoms with Gasteiger partial charge in [-0.05, 0) is 39.3 Å². The van der Waals surface area contributed by atoms with Crippen molar-refractivity contribution >= 4 is 40.6 Å². The Morgan fingerprint density at radius 3 is 2.47 bits per heavy atom. The predicted molar refractivity (Wildman–Crippen MR) is 119 cm³/mol. The van der Waals surface area contributed by atoms with Gasteiger partial charge in [-0.15, -0.1) is 11.3 Å². The van der Waals surface area contributed by atoms with Gasteiger partial charge in [-0.1, -0.05) is 23.7 Å². The lowest BCUT2D eigenvalue weighted by Gasteiger charge is -2.36. The van der Waals surface area contributed by atoms with Crippen LogP contribution in [0.4, 0.5) is 10.5 Å². The minimum atomic E-state index is -0.533. The molecule has 30 heavy (non-hydrogen) atoms. The molecular formula is C21H27ClN4O3S. The smallest absolute Gasteiger partial charge is 0.410 e. The Morgan fingerprint density at radius 1 is 1.20 bits per heavy atom. The number of rotatable bonds is 4. The van der Waals surface area contributed by atoms with Crippen LogP contribution < -0.4 is 5.32 Å². The van der Waals surface area contributed by atoms with E-state index in [0.717, 1.165) is 16.1 Å². The van der Waals surface area contributed by atoms with E-state index in [1.165, 1.54) is 11.3 Å². The molecule has 1 aromatic heterocycles. The average Bonchev–Trinajstić information content (AvgIpc) is 3.10. The average molecular weight is 451 g/mol. The summed E-state index contributed by atoms with van der Waals surface area (Å²) < 4.78 is 5.92. The summed E-state index contributed by atoms with van der Waals surface area (Å²) in [6.45, 7) is 9.89. The molecule has 1 aliphatic rings. The fraction of sp³-hybridized carbons (Fsp3) is 0.476. The topological polar surface area (TPSA) is 74.8 Å². The molecule has 3 rings (SSSR count). The summed E-state index contributed by atoms with van der Waals surface area (Å²) in [5.41, 5.74) is 1.89. The van der Waals surface area contributed by atoms with Crippen LogP contribution in [0.1, 0.15) is 41.6 Å². The Hall–Kier alpha value is -2.32. The molecule has 0 atom stereocenters. The van der Waals surface area contributed by atoms with Crippen molar-refractivity contribution in [2.45, 2.75) is 39.8 Å². The van der Waals surface area contributed by atoms with Crippen LogP contribution in [0.2, 0.25) is 4.47 Å². The number of hydrogen-bond acceptors (Lipinski definition) is 6. The molecule has 1 N–H and O–H groups in total. The summed E-state index contributed by atoms with van der Waals surface area (Å²) in [5, 5.41) is 3.36. The predicted octanol–water partition coefficient (Wildman–Crippen LogP) is 4.41. The van der Waals surface area contributed by atoms with E-state index in [-0.39, 0.29) is 12.0 Å². The maximum absolute atomic E-state index is 13.2.